The summed E-state index contributed by atoms with van der Waals surface area (Å²) in [7, 11) is 5.97. The largest absolute Gasteiger partial charge is 0.492 e. The van der Waals surface area contributed by atoms with Crippen LogP contribution >= 0.6 is 0 Å². The molecule has 0 saturated carbocycles. The molecule has 1 atom stereocenters. The molecular formula is C22H23FNO4+. The molecule has 4 rings (SSSR count). The topological polar surface area (TPSA) is 36.9 Å². The van der Waals surface area contributed by atoms with Crippen molar-refractivity contribution in [3.8, 4) is 34.8 Å². The average molecular weight is 384 g/mol. The Hall–Kier alpha value is -2.91. The van der Waals surface area contributed by atoms with Crippen LogP contribution < -0.4 is 18.9 Å². The molecule has 0 fully saturated rings. The van der Waals surface area contributed by atoms with Gasteiger partial charge in [0.05, 0.1) is 33.3 Å². The van der Waals surface area contributed by atoms with Gasteiger partial charge in [0.2, 0.25) is 12.5 Å². The Morgan fingerprint density at radius 1 is 1.21 bits per heavy atom. The van der Waals surface area contributed by atoms with Gasteiger partial charge in [0.15, 0.2) is 17.5 Å². The van der Waals surface area contributed by atoms with Gasteiger partial charge in [0.25, 0.3) is 0 Å². The summed E-state index contributed by atoms with van der Waals surface area (Å²) in [6, 6.07) is 7.89. The summed E-state index contributed by atoms with van der Waals surface area (Å²) in [6.45, 7) is 1.38. The van der Waals surface area contributed by atoms with Crippen molar-refractivity contribution in [1.82, 2.24) is 0 Å². The number of ether oxygens (including phenoxy) is 4. The Balaban J connectivity index is 1.63. The smallest absolute Gasteiger partial charge is 0.231 e. The van der Waals surface area contributed by atoms with Crippen LogP contribution in [0.5, 0.6) is 23.0 Å². The molecule has 0 N–H and O–H groups in total. The first kappa shape index (κ1) is 18.5. The third-order valence-electron chi connectivity index (χ3n) is 5.24. The fraction of sp³-hybridized carbons (Fsp3) is 0.364. The number of methoxy groups -OCH3 is 1. The molecule has 0 radical (unpaired) electrons. The third-order valence-corrected chi connectivity index (χ3v) is 5.24. The second kappa shape index (κ2) is 7.25. The highest BCUT2D eigenvalue weighted by atomic mass is 19.1. The first-order valence-corrected chi connectivity index (χ1v) is 9.18. The van der Waals surface area contributed by atoms with Crippen LogP contribution in [-0.4, -0.2) is 45.6 Å². The normalized spacial score (nSPS) is 18.6. The van der Waals surface area contributed by atoms with Gasteiger partial charge in [-0.15, -0.1) is 0 Å². The zero-order valence-corrected chi connectivity index (χ0v) is 16.3. The number of benzene rings is 2. The van der Waals surface area contributed by atoms with Crippen molar-refractivity contribution in [3.63, 3.8) is 0 Å². The summed E-state index contributed by atoms with van der Waals surface area (Å²) in [5.74, 6) is 8.87. The lowest BCUT2D eigenvalue weighted by molar-refractivity contribution is -0.914. The molecule has 0 amide bonds. The van der Waals surface area contributed by atoms with E-state index in [9.17, 15) is 4.39 Å². The minimum Gasteiger partial charge on any atom is -0.492 e. The molecule has 2 aromatic carbocycles. The van der Waals surface area contributed by atoms with Gasteiger partial charge in [0.1, 0.15) is 18.2 Å². The Kier molecular flexibility index (Phi) is 4.78. The van der Waals surface area contributed by atoms with Gasteiger partial charge in [-0.25, -0.2) is 4.39 Å². The highest BCUT2D eigenvalue weighted by Crippen LogP contribution is 2.50. The van der Waals surface area contributed by atoms with Gasteiger partial charge >= 0.3 is 0 Å². The fourth-order valence-corrected chi connectivity index (χ4v) is 3.71. The number of fused-ring (bicyclic) bond motifs is 2. The molecule has 2 aliphatic heterocycles. The fourth-order valence-electron chi connectivity index (χ4n) is 3.71. The summed E-state index contributed by atoms with van der Waals surface area (Å²) in [6.07, 6.45) is 0.916. The number of nitrogens with zero attached hydrogens (tertiary/aromatic N) is 1. The number of rotatable bonds is 3. The Morgan fingerprint density at radius 3 is 2.75 bits per heavy atom. The summed E-state index contributed by atoms with van der Waals surface area (Å²) in [5.41, 5.74) is 2.23. The zero-order valence-electron chi connectivity index (χ0n) is 16.3. The van der Waals surface area contributed by atoms with Gasteiger partial charge in [-0.2, -0.15) is 0 Å². The Bertz CT molecular complexity index is 944. The highest BCUT2D eigenvalue weighted by Gasteiger charge is 2.40. The zero-order chi connectivity index (χ0) is 19.7. The van der Waals surface area contributed by atoms with Gasteiger partial charge in [-0.3, -0.25) is 0 Å². The van der Waals surface area contributed by atoms with E-state index in [4.69, 9.17) is 18.9 Å². The van der Waals surface area contributed by atoms with Crippen molar-refractivity contribution in [3.05, 3.63) is 47.3 Å². The summed E-state index contributed by atoms with van der Waals surface area (Å²) in [4.78, 5) is 0. The first-order chi connectivity index (χ1) is 13.5. The van der Waals surface area contributed by atoms with E-state index in [0.29, 0.717) is 21.7 Å². The van der Waals surface area contributed by atoms with Crippen LogP contribution in [0.2, 0.25) is 0 Å². The van der Waals surface area contributed by atoms with Crippen LogP contribution in [-0.2, 0) is 6.42 Å². The predicted molar refractivity (Wildman–Crippen MR) is 102 cm³/mol. The molecule has 0 spiro atoms. The maximum atomic E-state index is 13.0. The van der Waals surface area contributed by atoms with E-state index in [1.165, 1.54) is 17.7 Å². The van der Waals surface area contributed by atoms with E-state index in [1.807, 2.05) is 6.07 Å². The number of hydrogen-bond donors (Lipinski definition) is 0. The Labute approximate surface area is 164 Å². The van der Waals surface area contributed by atoms with Gasteiger partial charge in [0, 0.05) is 6.42 Å². The lowest BCUT2D eigenvalue weighted by atomic mass is 9.89. The lowest BCUT2D eigenvalue weighted by Gasteiger charge is -2.40. The molecule has 28 heavy (non-hydrogen) atoms. The van der Waals surface area contributed by atoms with Crippen molar-refractivity contribution in [2.75, 3.05) is 41.1 Å². The predicted octanol–water partition coefficient (Wildman–Crippen LogP) is 3.32. The minimum absolute atomic E-state index is 0.0787. The third kappa shape index (κ3) is 3.34. The van der Waals surface area contributed by atoms with Crippen LogP contribution in [0.3, 0.4) is 0 Å². The van der Waals surface area contributed by atoms with Crippen LogP contribution in [0.15, 0.2) is 30.3 Å². The standard InChI is InChI=1S/C22H23FNO4/c1-24(2)11-10-15-13-19-21(28-14-27-19)22(25-3)20(15)18(24)5-4-12-26-17-8-6-16(23)7-9-17/h6-9,13,18H,10-12,14H2,1-3H3/q+1. The summed E-state index contributed by atoms with van der Waals surface area (Å²) in [5, 5.41) is 0. The molecule has 2 aliphatic rings. The van der Waals surface area contributed by atoms with Crippen LogP contribution in [0.25, 0.3) is 0 Å². The van der Waals surface area contributed by atoms with E-state index < -0.39 is 0 Å². The van der Waals surface area contributed by atoms with Crippen LogP contribution in [0.1, 0.15) is 17.2 Å². The van der Waals surface area contributed by atoms with E-state index >= 15 is 0 Å². The second-order valence-corrected chi connectivity index (χ2v) is 7.43. The lowest BCUT2D eigenvalue weighted by Crippen LogP contribution is -2.47. The second-order valence-electron chi connectivity index (χ2n) is 7.43. The van der Waals surface area contributed by atoms with Crippen molar-refractivity contribution in [2.45, 2.75) is 12.5 Å². The average Bonchev–Trinajstić information content (AvgIpc) is 3.14. The maximum Gasteiger partial charge on any atom is 0.231 e. The van der Waals surface area contributed by atoms with Crippen molar-refractivity contribution < 1.29 is 27.8 Å². The van der Waals surface area contributed by atoms with Crippen molar-refractivity contribution >= 4 is 0 Å². The number of halogens is 1. The van der Waals surface area contributed by atoms with E-state index in [0.717, 1.165) is 24.3 Å². The molecule has 0 aliphatic carbocycles. The maximum absolute atomic E-state index is 13.0. The monoisotopic (exact) mass is 384 g/mol. The SMILES string of the molecule is COc1c2c(cc3c1C(C#CCOc1ccc(F)cc1)[N+](C)(C)CC3)OCO2. The molecule has 2 aromatic rings. The highest BCUT2D eigenvalue weighted by molar-refractivity contribution is 5.62. The quantitative estimate of drug-likeness (QED) is 0.601. The molecule has 0 aromatic heterocycles. The van der Waals surface area contributed by atoms with E-state index in [1.54, 1.807) is 19.2 Å². The molecule has 1 unspecified atom stereocenters. The van der Waals surface area contributed by atoms with Gasteiger partial charge in [-0.1, -0.05) is 5.92 Å². The van der Waals surface area contributed by atoms with E-state index in [-0.39, 0.29) is 25.3 Å². The number of hydrogen-bond acceptors (Lipinski definition) is 4. The number of quaternary nitrogens is 1. The molecule has 6 heteroatoms. The van der Waals surface area contributed by atoms with Gasteiger partial charge in [-0.05, 0) is 41.8 Å². The van der Waals surface area contributed by atoms with Crippen molar-refractivity contribution in [2.24, 2.45) is 0 Å². The molecule has 2 heterocycles. The van der Waals surface area contributed by atoms with Gasteiger partial charge < -0.3 is 23.4 Å². The minimum atomic E-state index is -0.290. The first-order valence-electron chi connectivity index (χ1n) is 9.18. The van der Waals surface area contributed by atoms with Crippen LogP contribution in [0.4, 0.5) is 4.39 Å². The molecule has 0 bridgehead atoms. The van der Waals surface area contributed by atoms with Crippen molar-refractivity contribution in [1.29, 1.82) is 0 Å². The number of likely N-dealkylation sites (N-methyl/N-ethyl adjacent to an activating group) is 1. The molecule has 146 valence electrons. The summed E-state index contributed by atoms with van der Waals surface area (Å²) < 4.78 is 36.2. The van der Waals surface area contributed by atoms with Crippen LogP contribution in [0, 0.1) is 17.7 Å². The van der Waals surface area contributed by atoms with E-state index in [2.05, 4.69) is 25.9 Å². The molecule has 5 nitrogen and oxygen atoms in total. The molecular weight excluding hydrogens is 361 g/mol. The molecule has 0 saturated heterocycles. The summed E-state index contributed by atoms with van der Waals surface area (Å²) >= 11 is 0. The Morgan fingerprint density at radius 2 is 2.00 bits per heavy atom.